The van der Waals surface area contributed by atoms with Crippen molar-refractivity contribution in [2.45, 2.75) is 24.8 Å². The number of benzene rings is 1. The summed E-state index contributed by atoms with van der Waals surface area (Å²) in [5.41, 5.74) is 1.40. The highest BCUT2D eigenvalue weighted by molar-refractivity contribution is 7.92. The van der Waals surface area contributed by atoms with Gasteiger partial charge >= 0.3 is 6.09 Å². The van der Waals surface area contributed by atoms with E-state index in [1.807, 2.05) is 6.07 Å². The van der Waals surface area contributed by atoms with Crippen molar-refractivity contribution >= 4 is 21.8 Å². The van der Waals surface area contributed by atoms with Crippen LogP contribution in [0.2, 0.25) is 0 Å². The Bertz CT molecular complexity index is 1280. The molecule has 0 bridgehead atoms. The first kappa shape index (κ1) is 21.6. The van der Waals surface area contributed by atoms with Crippen molar-refractivity contribution < 1.29 is 17.9 Å². The second-order valence-electron chi connectivity index (χ2n) is 7.21. The van der Waals surface area contributed by atoms with Gasteiger partial charge in [0.15, 0.2) is 5.82 Å². The molecule has 10 nitrogen and oxygen atoms in total. The van der Waals surface area contributed by atoms with E-state index in [4.69, 9.17) is 4.74 Å². The Morgan fingerprint density at radius 2 is 1.97 bits per heavy atom. The van der Waals surface area contributed by atoms with Crippen molar-refractivity contribution in [2.24, 2.45) is 0 Å². The normalized spacial score (nSPS) is 13.5. The fraction of sp³-hybridized carbons (Fsp3) is 0.286. The third-order valence-corrected chi connectivity index (χ3v) is 7.24. The number of pyridine rings is 1. The van der Waals surface area contributed by atoms with Gasteiger partial charge in [0.2, 0.25) is 0 Å². The first-order valence-electron chi connectivity index (χ1n) is 10.1. The molecule has 32 heavy (non-hydrogen) atoms. The minimum Gasteiger partial charge on any atom is -0.453 e. The summed E-state index contributed by atoms with van der Waals surface area (Å²) in [6, 6.07) is 11.7. The molecule has 0 saturated carbocycles. The standard InChI is InChI=1S/C21H23N5O5S/c1-3-25(15-7-5-4-6-8-15)32(29,30)16-9-10-19(22-13-16)26-20(27)17-14-24(21(28)31-2)12-11-18(17)23-26/h4-10,13,23H,3,11-12,14H2,1-2H3. The van der Waals surface area contributed by atoms with Crippen molar-refractivity contribution in [1.29, 1.82) is 0 Å². The van der Waals surface area contributed by atoms with Gasteiger partial charge in [-0.25, -0.2) is 22.9 Å². The minimum atomic E-state index is -3.82. The molecule has 0 spiro atoms. The maximum atomic E-state index is 13.1. The Kier molecular flexibility index (Phi) is 5.74. The SMILES string of the molecule is CCN(c1ccccc1)S(=O)(=O)c1ccc(-n2[nH]c3c(c2=O)CN(C(=O)OC)CC3)nc1. The van der Waals surface area contributed by atoms with E-state index in [1.54, 1.807) is 31.2 Å². The molecule has 0 atom stereocenters. The topological polar surface area (TPSA) is 118 Å². The van der Waals surface area contributed by atoms with Crippen LogP contribution in [0, 0.1) is 0 Å². The highest BCUT2D eigenvalue weighted by Gasteiger charge is 2.27. The zero-order valence-electron chi connectivity index (χ0n) is 17.7. The smallest absolute Gasteiger partial charge is 0.409 e. The lowest BCUT2D eigenvalue weighted by Crippen LogP contribution is -2.37. The molecule has 0 saturated heterocycles. The molecular weight excluding hydrogens is 434 g/mol. The third-order valence-electron chi connectivity index (χ3n) is 5.36. The van der Waals surface area contributed by atoms with Gasteiger partial charge in [-0.3, -0.25) is 14.2 Å². The summed E-state index contributed by atoms with van der Waals surface area (Å²) in [7, 11) is -2.52. The number of sulfonamides is 1. The van der Waals surface area contributed by atoms with Gasteiger partial charge in [-0.2, -0.15) is 0 Å². The van der Waals surface area contributed by atoms with E-state index < -0.39 is 16.1 Å². The summed E-state index contributed by atoms with van der Waals surface area (Å²) in [5.74, 6) is 0.260. The van der Waals surface area contributed by atoms with Crippen molar-refractivity contribution in [3.8, 4) is 5.82 Å². The monoisotopic (exact) mass is 457 g/mol. The number of methoxy groups -OCH3 is 1. The van der Waals surface area contributed by atoms with Crippen molar-refractivity contribution in [3.63, 3.8) is 0 Å². The molecule has 2 aromatic heterocycles. The van der Waals surface area contributed by atoms with Gasteiger partial charge in [0.05, 0.1) is 24.9 Å². The molecule has 0 radical (unpaired) electrons. The van der Waals surface area contributed by atoms with Gasteiger partial charge in [0.1, 0.15) is 4.90 Å². The predicted octanol–water partition coefficient (Wildman–Crippen LogP) is 1.90. The Hall–Kier alpha value is -3.60. The third kappa shape index (κ3) is 3.75. The van der Waals surface area contributed by atoms with Crippen molar-refractivity contribution in [2.75, 3.05) is 24.5 Å². The van der Waals surface area contributed by atoms with Crippen LogP contribution in [0.1, 0.15) is 18.2 Å². The summed E-state index contributed by atoms with van der Waals surface area (Å²) in [4.78, 5) is 30.4. The van der Waals surface area contributed by atoms with E-state index in [0.29, 0.717) is 24.2 Å². The van der Waals surface area contributed by atoms with Crippen LogP contribution in [0.5, 0.6) is 0 Å². The van der Waals surface area contributed by atoms with Crippen molar-refractivity contribution in [3.05, 3.63) is 70.3 Å². The summed E-state index contributed by atoms with van der Waals surface area (Å²) in [6.45, 7) is 2.58. The van der Waals surface area contributed by atoms with Crippen LogP contribution >= 0.6 is 0 Å². The number of nitrogens with one attached hydrogen (secondary N) is 1. The molecule has 1 aromatic carbocycles. The number of aromatic nitrogens is 3. The highest BCUT2D eigenvalue weighted by atomic mass is 32.2. The van der Waals surface area contributed by atoms with Crippen molar-refractivity contribution in [1.82, 2.24) is 19.7 Å². The molecule has 0 aliphatic carbocycles. The molecule has 1 N–H and O–H groups in total. The maximum absolute atomic E-state index is 13.1. The number of ether oxygens (including phenoxy) is 1. The number of hydrogen-bond donors (Lipinski definition) is 1. The first-order valence-corrected chi connectivity index (χ1v) is 11.5. The number of carbonyl (C=O) groups excluding carboxylic acids is 1. The molecule has 3 heterocycles. The lowest BCUT2D eigenvalue weighted by atomic mass is 10.1. The second-order valence-corrected chi connectivity index (χ2v) is 9.07. The zero-order chi connectivity index (χ0) is 22.9. The van der Waals surface area contributed by atoms with Gasteiger partial charge in [-0.1, -0.05) is 18.2 Å². The van der Waals surface area contributed by atoms with E-state index in [2.05, 4.69) is 10.1 Å². The molecule has 11 heteroatoms. The lowest BCUT2D eigenvalue weighted by molar-refractivity contribution is 0.118. The van der Waals surface area contributed by atoms with Crippen LogP contribution in [0.3, 0.4) is 0 Å². The quantitative estimate of drug-likeness (QED) is 0.625. The number of carbonyl (C=O) groups is 1. The molecular formula is C21H23N5O5S. The molecule has 0 fully saturated rings. The van der Waals surface area contributed by atoms with Crippen LogP contribution < -0.4 is 9.86 Å². The number of aromatic amines is 1. The number of hydrogen-bond acceptors (Lipinski definition) is 6. The van der Waals surface area contributed by atoms with E-state index in [9.17, 15) is 18.0 Å². The van der Waals surface area contributed by atoms with Gasteiger partial charge in [0, 0.05) is 31.4 Å². The predicted molar refractivity (Wildman–Crippen MR) is 117 cm³/mol. The van der Waals surface area contributed by atoms with E-state index >= 15 is 0 Å². The second kappa shape index (κ2) is 8.50. The van der Waals surface area contributed by atoms with Gasteiger partial charge < -0.3 is 9.64 Å². The summed E-state index contributed by atoms with van der Waals surface area (Å²) < 4.78 is 33.5. The number of nitrogens with zero attached hydrogens (tertiary/aromatic N) is 4. The minimum absolute atomic E-state index is 0.0215. The summed E-state index contributed by atoms with van der Waals surface area (Å²) in [6.07, 6.45) is 1.22. The molecule has 1 aliphatic rings. The lowest BCUT2D eigenvalue weighted by Gasteiger charge is -2.24. The van der Waals surface area contributed by atoms with Crippen LogP contribution in [0.4, 0.5) is 10.5 Å². The number of rotatable bonds is 5. The van der Waals surface area contributed by atoms with Crippen LogP contribution in [0.15, 0.2) is 58.4 Å². The zero-order valence-corrected chi connectivity index (χ0v) is 18.5. The number of fused-ring (bicyclic) bond motifs is 1. The van der Waals surface area contributed by atoms with Gasteiger partial charge in [-0.05, 0) is 31.2 Å². The number of amides is 1. The average molecular weight is 458 g/mol. The molecule has 3 aromatic rings. The molecule has 1 aliphatic heterocycles. The Morgan fingerprint density at radius 1 is 1.22 bits per heavy atom. The van der Waals surface area contributed by atoms with Crippen LogP contribution in [-0.2, 0) is 27.7 Å². The first-order chi connectivity index (χ1) is 15.4. The Labute approximate surface area is 185 Å². The maximum Gasteiger partial charge on any atom is 0.409 e. The van der Waals surface area contributed by atoms with E-state index in [0.717, 1.165) is 5.69 Å². The van der Waals surface area contributed by atoms with Crippen LogP contribution in [0.25, 0.3) is 5.82 Å². The number of H-pyrrole nitrogens is 1. The average Bonchev–Trinajstić information content (AvgIpc) is 3.15. The largest absolute Gasteiger partial charge is 0.453 e. The number of anilines is 1. The Balaban J connectivity index is 1.63. The summed E-state index contributed by atoms with van der Waals surface area (Å²) >= 11 is 0. The summed E-state index contributed by atoms with van der Waals surface area (Å²) in [5, 5.41) is 3.02. The molecule has 0 unspecified atom stereocenters. The van der Waals surface area contributed by atoms with Gasteiger partial charge in [-0.15, -0.1) is 0 Å². The fourth-order valence-electron chi connectivity index (χ4n) is 3.72. The number of para-hydroxylation sites is 1. The Morgan fingerprint density at radius 3 is 2.59 bits per heavy atom. The van der Waals surface area contributed by atoms with E-state index in [1.165, 1.54) is 39.3 Å². The molecule has 168 valence electrons. The molecule has 4 rings (SSSR count). The van der Waals surface area contributed by atoms with Crippen LogP contribution in [-0.4, -0.2) is 54.4 Å². The highest BCUT2D eigenvalue weighted by Crippen LogP contribution is 2.23. The van der Waals surface area contributed by atoms with Gasteiger partial charge in [0.25, 0.3) is 15.6 Å². The molecule has 1 amide bonds. The van der Waals surface area contributed by atoms with E-state index in [-0.39, 0.29) is 29.4 Å². The fourth-order valence-corrected chi connectivity index (χ4v) is 5.14.